The van der Waals surface area contributed by atoms with Crippen molar-refractivity contribution in [3.05, 3.63) is 0 Å². The van der Waals surface area contributed by atoms with Crippen molar-refractivity contribution in [3.8, 4) is 0 Å². The first-order chi connectivity index (χ1) is 3.95. The topological polar surface area (TPSA) is 24.4 Å². The number of hydrogen-bond acceptors (Lipinski definition) is 2. The van der Waals surface area contributed by atoms with E-state index in [0.29, 0.717) is 0 Å². The molecule has 1 atom stereocenters. The van der Waals surface area contributed by atoms with Gasteiger partial charge in [-0.25, -0.2) is 0 Å². The predicted octanol–water partition coefficient (Wildman–Crippen LogP) is 0.541. The molecule has 0 radical (unpaired) electrons. The molecule has 2 nitrogen and oxygen atoms in total. The van der Waals surface area contributed by atoms with Crippen molar-refractivity contribution in [2.45, 2.75) is 25.3 Å². The Balaban J connectivity index is 2.22. The van der Waals surface area contributed by atoms with Crippen LogP contribution in [-0.2, 0) is 0 Å². The van der Waals surface area contributed by atoms with Crippen molar-refractivity contribution in [2.24, 2.45) is 4.99 Å². The maximum absolute atomic E-state index is 4.30. The summed E-state index contributed by atoms with van der Waals surface area (Å²) in [4.78, 5) is 4.30. The van der Waals surface area contributed by atoms with Crippen LogP contribution >= 0.6 is 0 Å². The van der Waals surface area contributed by atoms with E-state index in [-0.39, 0.29) is 0 Å². The minimum absolute atomic E-state index is 0.780. The summed E-state index contributed by atoms with van der Waals surface area (Å²) in [6.45, 7) is 0.875. The molecule has 44 valence electrons. The van der Waals surface area contributed by atoms with Gasteiger partial charge in [-0.05, 0) is 12.8 Å². The molecule has 2 rings (SSSR count). The Morgan fingerprint density at radius 3 is 3.38 bits per heavy atom. The molecule has 0 spiro atoms. The third-order valence-electron chi connectivity index (χ3n) is 1.95. The van der Waals surface area contributed by atoms with Crippen LogP contribution in [0.25, 0.3) is 0 Å². The summed E-state index contributed by atoms with van der Waals surface area (Å²) in [5.74, 6) is 0. The lowest BCUT2D eigenvalue weighted by Crippen LogP contribution is -2.29. The van der Waals surface area contributed by atoms with Gasteiger partial charge in [0, 0.05) is 18.2 Å². The van der Waals surface area contributed by atoms with E-state index in [1.165, 1.54) is 25.0 Å². The van der Waals surface area contributed by atoms with Crippen molar-refractivity contribution in [3.63, 3.8) is 0 Å². The van der Waals surface area contributed by atoms with Crippen LogP contribution in [0, 0.1) is 0 Å². The lowest BCUT2D eigenvalue weighted by Gasteiger charge is -2.11. The van der Waals surface area contributed by atoms with Crippen molar-refractivity contribution >= 4 is 5.71 Å². The molecule has 2 bridgehead atoms. The lowest BCUT2D eigenvalue weighted by molar-refractivity contribution is 0.536. The number of aliphatic imine (C=N–C) groups is 1. The molecule has 1 aliphatic heterocycles. The van der Waals surface area contributed by atoms with E-state index < -0.39 is 0 Å². The Kier molecular flexibility index (Phi) is 0.875. The van der Waals surface area contributed by atoms with E-state index in [1.54, 1.807) is 0 Å². The third kappa shape index (κ3) is 0.564. The maximum Gasteiger partial charge on any atom is 0.0886 e. The molecule has 2 heteroatoms. The van der Waals surface area contributed by atoms with Crippen LogP contribution in [0.1, 0.15) is 19.3 Å². The average molecular weight is 110 g/mol. The van der Waals surface area contributed by atoms with Crippen molar-refractivity contribution in [2.75, 3.05) is 6.67 Å². The van der Waals surface area contributed by atoms with Gasteiger partial charge in [0.1, 0.15) is 0 Å². The summed E-state index contributed by atoms with van der Waals surface area (Å²) in [6, 6.07) is 0.780. The van der Waals surface area contributed by atoms with Crippen molar-refractivity contribution < 1.29 is 0 Å². The number of fused-ring (bicyclic) bond motifs is 2. The predicted molar refractivity (Wildman–Crippen MR) is 33.1 cm³/mol. The molecular weight excluding hydrogens is 100 g/mol. The highest BCUT2D eigenvalue weighted by Gasteiger charge is 2.22. The summed E-state index contributed by atoms with van der Waals surface area (Å²) < 4.78 is 0. The van der Waals surface area contributed by atoms with Crippen LogP contribution in [-0.4, -0.2) is 18.4 Å². The number of nitrogens with one attached hydrogen (secondary N) is 1. The maximum atomic E-state index is 4.30. The largest absolute Gasteiger partial charge is 0.295 e. The van der Waals surface area contributed by atoms with Crippen LogP contribution in [0.5, 0.6) is 0 Å². The zero-order chi connectivity index (χ0) is 5.40. The second kappa shape index (κ2) is 1.55. The molecule has 1 aliphatic carbocycles. The summed E-state index contributed by atoms with van der Waals surface area (Å²) in [5, 5.41) is 3.32. The molecule has 1 saturated carbocycles. The minimum atomic E-state index is 0.780. The molecule has 1 heterocycles. The highest BCUT2D eigenvalue weighted by Crippen LogP contribution is 2.18. The molecule has 1 N–H and O–H groups in total. The van der Waals surface area contributed by atoms with Crippen LogP contribution in [0.3, 0.4) is 0 Å². The van der Waals surface area contributed by atoms with Crippen LogP contribution < -0.4 is 5.32 Å². The number of hydrogen-bond donors (Lipinski definition) is 1. The zero-order valence-electron chi connectivity index (χ0n) is 4.85. The Morgan fingerprint density at radius 2 is 2.62 bits per heavy atom. The van der Waals surface area contributed by atoms with Crippen LogP contribution in [0.2, 0.25) is 0 Å². The lowest BCUT2D eigenvalue weighted by atomic mass is 10.2. The smallest absolute Gasteiger partial charge is 0.0886 e. The van der Waals surface area contributed by atoms with Gasteiger partial charge in [-0.15, -0.1) is 0 Å². The normalized spacial score (nSPS) is 35.0. The fourth-order valence-electron chi connectivity index (χ4n) is 1.43. The fourth-order valence-corrected chi connectivity index (χ4v) is 1.43. The molecule has 2 aliphatic rings. The highest BCUT2D eigenvalue weighted by atomic mass is 15.1. The monoisotopic (exact) mass is 110 g/mol. The summed E-state index contributed by atoms with van der Waals surface area (Å²) >= 11 is 0. The molecule has 0 amide bonds. The Hall–Kier alpha value is -0.370. The number of rotatable bonds is 0. The summed E-state index contributed by atoms with van der Waals surface area (Å²) in [5.41, 5.74) is 1.44. The summed E-state index contributed by atoms with van der Waals surface area (Å²) in [7, 11) is 0. The van der Waals surface area contributed by atoms with Crippen molar-refractivity contribution in [1.29, 1.82) is 0 Å². The van der Waals surface area contributed by atoms with Gasteiger partial charge >= 0.3 is 0 Å². The van der Waals surface area contributed by atoms with Crippen molar-refractivity contribution in [1.82, 2.24) is 5.32 Å². The van der Waals surface area contributed by atoms with E-state index in [2.05, 4.69) is 10.3 Å². The van der Waals surface area contributed by atoms with Gasteiger partial charge in [0.05, 0.1) is 6.67 Å². The molecule has 8 heavy (non-hydrogen) atoms. The van der Waals surface area contributed by atoms with Crippen LogP contribution in [0.4, 0.5) is 0 Å². The highest BCUT2D eigenvalue weighted by molar-refractivity contribution is 5.87. The fraction of sp³-hybridized carbons (Fsp3) is 0.833. The second-order valence-corrected chi connectivity index (χ2v) is 2.53. The van der Waals surface area contributed by atoms with E-state index in [4.69, 9.17) is 0 Å². The van der Waals surface area contributed by atoms with Gasteiger partial charge < -0.3 is 0 Å². The molecule has 0 aromatic carbocycles. The van der Waals surface area contributed by atoms with Gasteiger partial charge in [0.2, 0.25) is 0 Å². The molecular formula is C6H10N2. The van der Waals surface area contributed by atoms with Gasteiger partial charge in [0.15, 0.2) is 0 Å². The molecule has 0 aromatic heterocycles. The SMILES string of the molecule is C1N=C2CCC(C2)N1. The minimum Gasteiger partial charge on any atom is -0.295 e. The molecule has 1 fully saturated rings. The molecule has 1 unspecified atom stereocenters. The van der Waals surface area contributed by atoms with E-state index in [9.17, 15) is 0 Å². The van der Waals surface area contributed by atoms with Gasteiger partial charge in [-0.3, -0.25) is 10.3 Å². The quantitative estimate of drug-likeness (QED) is 0.483. The summed E-state index contributed by atoms with van der Waals surface area (Å²) in [6.07, 6.45) is 3.79. The van der Waals surface area contributed by atoms with Crippen LogP contribution in [0.15, 0.2) is 4.99 Å². The molecule has 0 saturated heterocycles. The first-order valence-corrected chi connectivity index (χ1v) is 3.21. The Labute approximate surface area is 49.0 Å². The Bertz CT molecular complexity index is 126. The number of nitrogens with zero attached hydrogens (tertiary/aromatic N) is 1. The Morgan fingerprint density at radius 1 is 1.62 bits per heavy atom. The first-order valence-electron chi connectivity index (χ1n) is 3.21. The second-order valence-electron chi connectivity index (χ2n) is 2.53. The van der Waals surface area contributed by atoms with E-state index >= 15 is 0 Å². The average Bonchev–Trinajstić information content (AvgIpc) is 2.12. The zero-order valence-corrected chi connectivity index (χ0v) is 4.85. The van der Waals surface area contributed by atoms with E-state index in [0.717, 1.165) is 12.7 Å². The van der Waals surface area contributed by atoms with Gasteiger partial charge in [-0.2, -0.15) is 0 Å². The van der Waals surface area contributed by atoms with Gasteiger partial charge in [-0.1, -0.05) is 0 Å². The van der Waals surface area contributed by atoms with Gasteiger partial charge in [0.25, 0.3) is 0 Å². The standard InChI is InChI=1S/C6H10N2/c1-2-6-3-5(1)7-4-8-6/h5,7H,1-4H2. The molecule has 0 aromatic rings. The first kappa shape index (κ1) is 4.50. The third-order valence-corrected chi connectivity index (χ3v) is 1.95. The van der Waals surface area contributed by atoms with E-state index in [1.807, 2.05) is 0 Å².